The summed E-state index contributed by atoms with van der Waals surface area (Å²) in [4.78, 5) is 8.10. The van der Waals surface area contributed by atoms with Gasteiger partial charge in [-0.3, -0.25) is 0 Å². The van der Waals surface area contributed by atoms with E-state index in [1.54, 1.807) is 18.0 Å². The Bertz CT molecular complexity index is 459. The summed E-state index contributed by atoms with van der Waals surface area (Å²) in [5.74, 6) is 0.998. The first-order valence-corrected chi connectivity index (χ1v) is 5.97. The van der Waals surface area contributed by atoms with Gasteiger partial charge in [-0.15, -0.1) is 0 Å². The molecule has 0 aliphatic heterocycles. The van der Waals surface area contributed by atoms with Gasteiger partial charge in [0, 0.05) is 17.3 Å². The number of halogens is 1. The highest BCUT2D eigenvalue weighted by atomic mass is 35.5. The molecular formula is C10H9ClN2S. The van der Waals surface area contributed by atoms with E-state index in [4.69, 9.17) is 11.6 Å². The molecule has 0 saturated heterocycles. The Morgan fingerprint density at radius 3 is 3.07 bits per heavy atom. The quantitative estimate of drug-likeness (QED) is 0.733. The highest BCUT2D eigenvalue weighted by molar-refractivity contribution is 7.97. The van der Waals surface area contributed by atoms with Gasteiger partial charge in [-0.25, -0.2) is 9.97 Å². The number of rotatable bonds is 2. The Morgan fingerprint density at radius 2 is 2.29 bits per heavy atom. The molecule has 0 spiro atoms. The maximum atomic E-state index is 5.72. The second-order valence-electron chi connectivity index (χ2n) is 2.97. The van der Waals surface area contributed by atoms with Crippen LogP contribution in [0.4, 0.5) is 0 Å². The number of benzene rings is 1. The monoisotopic (exact) mass is 224 g/mol. The van der Waals surface area contributed by atoms with Gasteiger partial charge in [-0.1, -0.05) is 12.1 Å². The van der Waals surface area contributed by atoms with Gasteiger partial charge < -0.3 is 0 Å². The van der Waals surface area contributed by atoms with E-state index in [1.807, 2.05) is 6.07 Å². The molecule has 0 bridgehead atoms. The van der Waals surface area contributed by atoms with Gasteiger partial charge in [-0.05, 0) is 29.5 Å². The Morgan fingerprint density at radius 1 is 1.43 bits per heavy atom. The van der Waals surface area contributed by atoms with E-state index in [9.17, 15) is 0 Å². The third-order valence-corrected chi connectivity index (χ3v) is 2.73. The van der Waals surface area contributed by atoms with E-state index < -0.39 is 0 Å². The third-order valence-electron chi connectivity index (χ3n) is 1.93. The van der Waals surface area contributed by atoms with Crippen molar-refractivity contribution in [1.82, 2.24) is 9.97 Å². The second kappa shape index (κ2) is 4.15. The smallest absolute Gasteiger partial charge is 0.222 e. The molecule has 0 aliphatic rings. The van der Waals surface area contributed by atoms with Crippen molar-refractivity contribution in [2.45, 2.75) is 5.75 Å². The van der Waals surface area contributed by atoms with Crippen LogP contribution < -0.4 is 0 Å². The zero-order valence-corrected chi connectivity index (χ0v) is 9.27. The first kappa shape index (κ1) is 9.74. The zero-order valence-electron chi connectivity index (χ0n) is 7.70. The lowest BCUT2D eigenvalue weighted by Gasteiger charge is -2.00. The number of hydrogen-bond donors (Lipinski definition) is 0. The largest absolute Gasteiger partial charge is 0.226 e. The van der Waals surface area contributed by atoms with Crippen LogP contribution in [0.15, 0.2) is 24.4 Å². The topological polar surface area (TPSA) is 25.8 Å². The highest BCUT2D eigenvalue weighted by Gasteiger charge is 1.99. The minimum atomic E-state index is 0.304. The van der Waals surface area contributed by atoms with Crippen molar-refractivity contribution < 1.29 is 0 Å². The third kappa shape index (κ3) is 1.99. The Balaban J connectivity index is 2.52. The summed E-state index contributed by atoms with van der Waals surface area (Å²) in [5.41, 5.74) is 2.18. The fourth-order valence-electron chi connectivity index (χ4n) is 1.30. The number of fused-ring (bicyclic) bond motifs is 1. The van der Waals surface area contributed by atoms with Crippen LogP contribution in [0.1, 0.15) is 5.56 Å². The van der Waals surface area contributed by atoms with E-state index in [-0.39, 0.29) is 0 Å². The summed E-state index contributed by atoms with van der Waals surface area (Å²) in [7, 11) is 0. The van der Waals surface area contributed by atoms with Gasteiger partial charge in [-0.2, -0.15) is 11.8 Å². The molecule has 72 valence electrons. The normalized spacial score (nSPS) is 10.7. The summed E-state index contributed by atoms with van der Waals surface area (Å²) in [5, 5.41) is 1.33. The maximum Gasteiger partial charge on any atom is 0.222 e. The molecule has 0 amide bonds. The molecule has 1 aromatic carbocycles. The Labute approximate surface area is 91.7 Å². The van der Waals surface area contributed by atoms with Crippen LogP contribution >= 0.6 is 23.4 Å². The van der Waals surface area contributed by atoms with Gasteiger partial charge in [0.05, 0.1) is 5.52 Å². The molecule has 0 atom stereocenters. The van der Waals surface area contributed by atoms with E-state index in [0.29, 0.717) is 5.28 Å². The summed E-state index contributed by atoms with van der Waals surface area (Å²) >= 11 is 7.51. The minimum absolute atomic E-state index is 0.304. The standard InChI is InChI=1S/C10H9ClN2S/c1-14-6-7-2-3-8-5-12-10(11)13-9(8)4-7/h2-5H,6H2,1H3. The fraction of sp³-hybridized carbons (Fsp3) is 0.200. The van der Waals surface area contributed by atoms with Crippen LogP contribution in [0, 0.1) is 0 Å². The molecule has 0 saturated carbocycles. The van der Waals surface area contributed by atoms with Crippen LogP contribution in [0.25, 0.3) is 10.9 Å². The molecule has 2 rings (SSSR count). The van der Waals surface area contributed by atoms with Gasteiger partial charge >= 0.3 is 0 Å². The van der Waals surface area contributed by atoms with Crippen LogP contribution in [-0.2, 0) is 5.75 Å². The molecule has 14 heavy (non-hydrogen) atoms. The van der Waals surface area contributed by atoms with Gasteiger partial charge in [0.1, 0.15) is 0 Å². The molecule has 0 N–H and O–H groups in total. The van der Waals surface area contributed by atoms with Gasteiger partial charge in [0.15, 0.2) is 0 Å². The molecule has 1 aromatic heterocycles. The van der Waals surface area contributed by atoms with E-state index in [2.05, 4.69) is 28.4 Å². The van der Waals surface area contributed by atoms with E-state index in [1.165, 1.54) is 5.56 Å². The maximum absolute atomic E-state index is 5.72. The molecule has 0 aliphatic carbocycles. The Kier molecular flexibility index (Phi) is 2.89. The van der Waals surface area contributed by atoms with Crippen molar-refractivity contribution in [2.75, 3.05) is 6.26 Å². The SMILES string of the molecule is CSCc1ccc2cnc(Cl)nc2c1. The predicted molar refractivity (Wildman–Crippen MR) is 61.8 cm³/mol. The predicted octanol–water partition coefficient (Wildman–Crippen LogP) is 3.15. The van der Waals surface area contributed by atoms with Gasteiger partial charge in [0.25, 0.3) is 0 Å². The summed E-state index contributed by atoms with van der Waals surface area (Å²) in [6.07, 6.45) is 3.82. The van der Waals surface area contributed by atoms with Crippen molar-refractivity contribution in [2.24, 2.45) is 0 Å². The molecular weight excluding hydrogens is 216 g/mol. The average molecular weight is 225 g/mol. The number of nitrogens with zero attached hydrogens (tertiary/aromatic N) is 2. The van der Waals surface area contributed by atoms with E-state index in [0.717, 1.165) is 16.7 Å². The van der Waals surface area contributed by atoms with Crippen LogP contribution in [0.2, 0.25) is 5.28 Å². The van der Waals surface area contributed by atoms with Crippen molar-refractivity contribution in [3.8, 4) is 0 Å². The molecule has 1 heterocycles. The lowest BCUT2D eigenvalue weighted by molar-refractivity contribution is 1.22. The first-order valence-electron chi connectivity index (χ1n) is 4.20. The first-order chi connectivity index (χ1) is 6.79. The van der Waals surface area contributed by atoms with Gasteiger partial charge in [0.2, 0.25) is 5.28 Å². The zero-order chi connectivity index (χ0) is 9.97. The lowest BCUT2D eigenvalue weighted by Crippen LogP contribution is -1.86. The summed E-state index contributed by atoms with van der Waals surface area (Å²) < 4.78 is 0. The van der Waals surface area contributed by atoms with Crippen LogP contribution in [0.5, 0.6) is 0 Å². The molecule has 0 radical (unpaired) electrons. The van der Waals surface area contributed by atoms with E-state index >= 15 is 0 Å². The number of hydrogen-bond acceptors (Lipinski definition) is 3. The minimum Gasteiger partial charge on any atom is -0.226 e. The number of aromatic nitrogens is 2. The molecule has 0 fully saturated rings. The van der Waals surface area contributed by atoms with Crippen molar-refractivity contribution in [3.05, 3.63) is 35.2 Å². The van der Waals surface area contributed by atoms with Crippen molar-refractivity contribution >= 4 is 34.3 Å². The molecule has 2 nitrogen and oxygen atoms in total. The molecule has 2 aromatic rings. The average Bonchev–Trinajstić information content (AvgIpc) is 2.17. The van der Waals surface area contributed by atoms with Crippen molar-refractivity contribution in [1.29, 1.82) is 0 Å². The van der Waals surface area contributed by atoms with Crippen molar-refractivity contribution in [3.63, 3.8) is 0 Å². The highest BCUT2D eigenvalue weighted by Crippen LogP contribution is 2.17. The fourth-order valence-corrected chi connectivity index (χ4v) is 1.96. The number of thioether (sulfide) groups is 1. The second-order valence-corrected chi connectivity index (χ2v) is 4.17. The lowest BCUT2D eigenvalue weighted by atomic mass is 10.2. The van der Waals surface area contributed by atoms with Crippen LogP contribution in [0.3, 0.4) is 0 Å². The Hall–Kier alpha value is -0.800. The van der Waals surface area contributed by atoms with Crippen LogP contribution in [-0.4, -0.2) is 16.2 Å². The summed E-state index contributed by atoms with van der Waals surface area (Å²) in [6.45, 7) is 0. The summed E-state index contributed by atoms with van der Waals surface area (Å²) in [6, 6.07) is 6.17. The molecule has 0 unspecified atom stereocenters. The molecule has 4 heteroatoms.